The minimum atomic E-state index is -0.173. The molecule has 1 aromatic heterocycles. The Morgan fingerprint density at radius 2 is 1.92 bits per heavy atom. The molecule has 0 aliphatic rings. The highest BCUT2D eigenvalue weighted by molar-refractivity contribution is 8.00. The van der Waals surface area contributed by atoms with Crippen LogP contribution < -0.4 is 5.32 Å². The van der Waals surface area contributed by atoms with Gasteiger partial charge in [-0.15, -0.1) is 11.8 Å². The lowest BCUT2D eigenvalue weighted by molar-refractivity contribution is -0.115. The number of nitrogens with zero attached hydrogens (tertiary/aromatic N) is 1. The van der Waals surface area contributed by atoms with Crippen LogP contribution in [0.4, 0.5) is 5.69 Å². The molecule has 3 nitrogen and oxygen atoms in total. The first-order valence-corrected chi connectivity index (χ1v) is 9.42. The number of hydrogen-bond acceptors (Lipinski definition) is 3. The molecule has 0 aliphatic heterocycles. The first-order valence-electron chi connectivity index (χ1n) is 8.16. The number of halogens is 1. The lowest BCUT2D eigenvalue weighted by Gasteiger charge is -2.16. The monoisotopic (exact) mass is 370 g/mol. The summed E-state index contributed by atoms with van der Waals surface area (Å²) in [6.45, 7) is 3.95. The van der Waals surface area contributed by atoms with Crippen LogP contribution in [-0.2, 0) is 4.79 Å². The van der Waals surface area contributed by atoms with Crippen molar-refractivity contribution < 1.29 is 4.79 Å². The van der Waals surface area contributed by atoms with Crippen LogP contribution in [0.3, 0.4) is 0 Å². The average molecular weight is 371 g/mol. The van der Waals surface area contributed by atoms with Gasteiger partial charge in [0.15, 0.2) is 0 Å². The van der Waals surface area contributed by atoms with E-state index < -0.39 is 0 Å². The molecule has 0 saturated heterocycles. The van der Waals surface area contributed by atoms with Gasteiger partial charge >= 0.3 is 0 Å². The van der Waals surface area contributed by atoms with E-state index in [1.165, 1.54) is 0 Å². The Balaban J connectivity index is 1.81. The molecule has 1 amide bonds. The minimum Gasteiger partial charge on any atom is -0.324 e. The smallest absolute Gasteiger partial charge is 0.237 e. The van der Waals surface area contributed by atoms with E-state index in [1.54, 1.807) is 11.8 Å². The van der Waals surface area contributed by atoms with Crippen LogP contribution in [-0.4, -0.2) is 16.1 Å². The number of rotatable bonds is 5. The van der Waals surface area contributed by atoms with Crippen molar-refractivity contribution in [2.24, 2.45) is 0 Å². The van der Waals surface area contributed by atoms with Crippen LogP contribution in [0.1, 0.15) is 19.0 Å². The van der Waals surface area contributed by atoms with E-state index in [0.29, 0.717) is 5.02 Å². The molecule has 3 aromatic rings. The van der Waals surface area contributed by atoms with Crippen molar-refractivity contribution in [3.05, 3.63) is 65.3 Å². The molecule has 0 aliphatic carbocycles. The second-order valence-electron chi connectivity index (χ2n) is 5.79. The van der Waals surface area contributed by atoms with Crippen molar-refractivity contribution in [3.63, 3.8) is 0 Å². The summed E-state index contributed by atoms with van der Waals surface area (Å²) in [6.07, 6.45) is 0.737. The van der Waals surface area contributed by atoms with Crippen molar-refractivity contribution >= 4 is 45.9 Å². The molecule has 128 valence electrons. The number of aromatic nitrogens is 1. The van der Waals surface area contributed by atoms with E-state index in [1.807, 2.05) is 68.4 Å². The number of aryl methyl sites for hydroxylation is 1. The van der Waals surface area contributed by atoms with Crippen molar-refractivity contribution in [2.75, 3.05) is 5.32 Å². The highest BCUT2D eigenvalue weighted by Crippen LogP contribution is 2.29. The Kier molecular flexibility index (Phi) is 5.61. The molecule has 1 unspecified atom stereocenters. The molecule has 1 N–H and O–H groups in total. The molecule has 2 aromatic carbocycles. The first kappa shape index (κ1) is 17.8. The number of carbonyl (C=O) groups is 1. The van der Waals surface area contributed by atoms with Crippen LogP contribution in [0, 0.1) is 6.92 Å². The van der Waals surface area contributed by atoms with Gasteiger partial charge in [0.25, 0.3) is 0 Å². The predicted octanol–water partition coefficient (Wildman–Crippen LogP) is 5.71. The first-order chi connectivity index (χ1) is 12.1. The van der Waals surface area contributed by atoms with E-state index in [4.69, 9.17) is 11.6 Å². The molecule has 1 heterocycles. The maximum Gasteiger partial charge on any atom is 0.237 e. The van der Waals surface area contributed by atoms with E-state index in [0.717, 1.165) is 33.6 Å². The lowest BCUT2D eigenvalue weighted by Crippen LogP contribution is -2.24. The zero-order valence-corrected chi connectivity index (χ0v) is 15.7. The summed E-state index contributed by atoms with van der Waals surface area (Å²) in [5, 5.41) is 4.56. The zero-order valence-electron chi connectivity index (χ0n) is 14.1. The van der Waals surface area contributed by atoms with Gasteiger partial charge in [-0.05, 0) is 49.7 Å². The number of pyridine rings is 1. The van der Waals surface area contributed by atoms with E-state index >= 15 is 0 Å². The van der Waals surface area contributed by atoms with Gasteiger partial charge in [-0.1, -0.05) is 36.7 Å². The average Bonchev–Trinajstić information content (AvgIpc) is 2.61. The molecule has 0 bridgehead atoms. The number of carbonyl (C=O) groups excluding carboxylic acids is 1. The fraction of sp³-hybridized carbons (Fsp3) is 0.200. The van der Waals surface area contributed by atoms with Crippen LogP contribution in [0.2, 0.25) is 5.02 Å². The highest BCUT2D eigenvalue weighted by Gasteiger charge is 2.19. The number of amides is 1. The molecule has 25 heavy (non-hydrogen) atoms. The lowest BCUT2D eigenvalue weighted by atomic mass is 10.1. The number of thioether (sulfide) groups is 1. The maximum atomic E-state index is 12.8. The van der Waals surface area contributed by atoms with Crippen LogP contribution in [0.5, 0.6) is 0 Å². The summed E-state index contributed by atoms with van der Waals surface area (Å²) < 4.78 is 0. The van der Waals surface area contributed by atoms with Gasteiger partial charge in [-0.2, -0.15) is 0 Å². The summed E-state index contributed by atoms with van der Waals surface area (Å²) in [5.74, 6) is -0.00166. The number of hydrogen-bond donors (Lipinski definition) is 1. The number of anilines is 1. The minimum absolute atomic E-state index is 0.00166. The molecule has 3 rings (SSSR count). The fourth-order valence-corrected chi connectivity index (χ4v) is 3.70. The maximum absolute atomic E-state index is 12.8. The summed E-state index contributed by atoms with van der Waals surface area (Å²) in [6, 6.07) is 17.3. The standard InChI is InChI=1S/C20H19ClN2OS/c1-3-19(25-15-10-8-14(21)9-11-15)20(24)23-18-12-13(2)22-17-7-5-4-6-16(17)18/h4-12,19H,3H2,1-2H3,(H,22,23,24). The second-order valence-corrected chi connectivity index (χ2v) is 7.50. The summed E-state index contributed by atoms with van der Waals surface area (Å²) in [7, 11) is 0. The zero-order chi connectivity index (χ0) is 17.8. The third-order valence-corrected chi connectivity index (χ3v) is 5.49. The third kappa shape index (κ3) is 4.33. The Labute approximate surface area is 156 Å². The normalized spacial score (nSPS) is 12.1. The summed E-state index contributed by atoms with van der Waals surface area (Å²) in [4.78, 5) is 18.3. The van der Waals surface area contributed by atoms with Crippen molar-refractivity contribution in [2.45, 2.75) is 30.4 Å². The van der Waals surface area contributed by atoms with E-state index in [-0.39, 0.29) is 11.2 Å². The Hall–Kier alpha value is -2.04. The predicted molar refractivity (Wildman–Crippen MR) is 106 cm³/mol. The quantitative estimate of drug-likeness (QED) is 0.585. The molecule has 0 saturated carbocycles. The van der Waals surface area contributed by atoms with Crippen LogP contribution in [0.25, 0.3) is 10.9 Å². The number of benzene rings is 2. The van der Waals surface area contributed by atoms with Gasteiger partial charge in [-0.3, -0.25) is 9.78 Å². The summed E-state index contributed by atoms with van der Waals surface area (Å²) in [5.41, 5.74) is 2.58. The molecule has 1 atom stereocenters. The second kappa shape index (κ2) is 7.89. The molecular weight excluding hydrogens is 352 g/mol. The Morgan fingerprint density at radius 3 is 2.64 bits per heavy atom. The molecular formula is C20H19ClN2OS. The van der Waals surface area contributed by atoms with Gasteiger partial charge in [-0.25, -0.2) is 0 Å². The summed E-state index contributed by atoms with van der Waals surface area (Å²) >= 11 is 7.48. The number of para-hydroxylation sites is 1. The van der Waals surface area contributed by atoms with E-state index in [9.17, 15) is 4.79 Å². The fourth-order valence-electron chi connectivity index (χ4n) is 2.62. The van der Waals surface area contributed by atoms with Crippen LogP contribution in [0.15, 0.2) is 59.5 Å². The van der Waals surface area contributed by atoms with Gasteiger partial charge in [0.2, 0.25) is 5.91 Å². The molecule has 5 heteroatoms. The third-order valence-electron chi connectivity index (χ3n) is 3.86. The van der Waals surface area contributed by atoms with Crippen molar-refractivity contribution in [3.8, 4) is 0 Å². The molecule has 0 spiro atoms. The van der Waals surface area contributed by atoms with Crippen LogP contribution >= 0.6 is 23.4 Å². The van der Waals surface area contributed by atoms with E-state index in [2.05, 4.69) is 10.3 Å². The van der Waals surface area contributed by atoms with Gasteiger partial charge < -0.3 is 5.32 Å². The van der Waals surface area contributed by atoms with Gasteiger partial charge in [0.1, 0.15) is 0 Å². The molecule has 0 radical (unpaired) electrons. The molecule has 0 fully saturated rings. The highest BCUT2D eigenvalue weighted by atomic mass is 35.5. The van der Waals surface area contributed by atoms with Crippen molar-refractivity contribution in [1.82, 2.24) is 4.98 Å². The largest absolute Gasteiger partial charge is 0.324 e. The SMILES string of the molecule is CCC(Sc1ccc(Cl)cc1)C(=O)Nc1cc(C)nc2ccccc12. The Morgan fingerprint density at radius 1 is 1.20 bits per heavy atom. The number of nitrogens with one attached hydrogen (secondary N) is 1. The Bertz CT molecular complexity index is 896. The van der Waals surface area contributed by atoms with Crippen molar-refractivity contribution in [1.29, 1.82) is 0 Å². The number of fused-ring (bicyclic) bond motifs is 1. The van der Waals surface area contributed by atoms with Gasteiger partial charge in [0.05, 0.1) is 16.5 Å². The topological polar surface area (TPSA) is 42.0 Å². The van der Waals surface area contributed by atoms with Gasteiger partial charge in [0, 0.05) is 21.0 Å².